The Kier molecular flexibility index (Phi) is 16.9. The van der Waals surface area contributed by atoms with E-state index in [1.54, 1.807) is 0 Å². The second-order valence-electron chi connectivity index (χ2n) is 17.4. The molecule has 2 aromatic heterocycles. The van der Waals surface area contributed by atoms with Crippen molar-refractivity contribution in [1.29, 1.82) is 0 Å². The number of methoxy groups -OCH3 is 1. The molecule has 2 saturated heterocycles. The molecule has 3 N–H and O–H groups in total. The van der Waals surface area contributed by atoms with E-state index >= 15 is 0 Å². The molecule has 59 heavy (non-hydrogen) atoms. The zero-order chi connectivity index (χ0) is 38.3. The van der Waals surface area contributed by atoms with Crippen molar-refractivity contribution in [2.75, 3.05) is 26.8 Å². The van der Waals surface area contributed by atoms with Crippen LogP contribution in [-0.2, 0) is 36.5 Å². The van der Waals surface area contributed by atoms with Gasteiger partial charge in [0.1, 0.15) is 17.7 Å². The standard InChI is InChI=1S/C43H59N7O5.4H2S/c1-27(2)28(3)39(51)49-22-7-10-33(49)37-44-25-35(47-37)43-19-16-42(17-20-43,18-21-43)30-14-12-29(13-15-30)36-32-26-55-24-6-5-9-31(46-41(53)54-4)40(52)50-23-8-11-34(50)38(45-32)48-36;;;;/h12-15,25,27-28,31,33-34H,5-11,16-24,26H2,1-4H3,(H,44,47)(H,45,48)(H,46,53);4*1H2/t28-,31-,33-,34-,42?,43?;;;;/m0..../s1. The molecule has 12 nitrogen and oxygen atoms in total. The average Bonchev–Trinajstić information content (AvgIpc) is 4.05. The second-order valence-corrected chi connectivity index (χ2v) is 17.4. The number of nitrogens with zero attached hydrogens (tertiary/aromatic N) is 4. The van der Waals surface area contributed by atoms with E-state index in [0.717, 1.165) is 112 Å². The largest absolute Gasteiger partial charge is 0.453 e. The molecule has 0 spiro atoms. The van der Waals surface area contributed by atoms with Crippen molar-refractivity contribution in [3.8, 4) is 11.3 Å². The number of hydrogen-bond acceptors (Lipinski definition) is 7. The van der Waals surface area contributed by atoms with Crippen LogP contribution >= 0.6 is 54.0 Å². The zero-order valence-electron chi connectivity index (χ0n) is 35.1. The minimum atomic E-state index is -0.644. The number of fused-ring (bicyclic) bond motifs is 7. The van der Waals surface area contributed by atoms with Gasteiger partial charge < -0.3 is 34.6 Å². The van der Waals surface area contributed by atoms with E-state index in [0.29, 0.717) is 32.1 Å². The maximum atomic E-state index is 13.8. The molecule has 4 atom stereocenters. The fraction of sp³-hybridized carbons (Fsp3) is 0.651. The third kappa shape index (κ3) is 9.51. The van der Waals surface area contributed by atoms with E-state index in [2.05, 4.69) is 71.4 Å². The van der Waals surface area contributed by atoms with Gasteiger partial charge in [-0.15, -0.1) is 0 Å². The van der Waals surface area contributed by atoms with Gasteiger partial charge in [-0.3, -0.25) is 9.59 Å². The van der Waals surface area contributed by atoms with E-state index in [1.807, 2.05) is 4.90 Å². The summed E-state index contributed by atoms with van der Waals surface area (Å²) in [5.74, 6) is 2.24. The van der Waals surface area contributed by atoms with Crippen LogP contribution in [0.1, 0.15) is 145 Å². The molecule has 3 amide bonds. The number of carbonyl (C=O) groups is 3. The molecule has 3 aliphatic carbocycles. The van der Waals surface area contributed by atoms with Gasteiger partial charge in [0.05, 0.1) is 37.2 Å². The number of hydrogen-bond donors (Lipinski definition) is 3. The van der Waals surface area contributed by atoms with Gasteiger partial charge in [0, 0.05) is 48.5 Å². The van der Waals surface area contributed by atoms with E-state index in [9.17, 15) is 14.4 Å². The predicted octanol–water partition coefficient (Wildman–Crippen LogP) is 7.84. The summed E-state index contributed by atoms with van der Waals surface area (Å²) in [6.07, 6.45) is 14.1. The van der Waals surface area contributed by atoms with Gasteiger partial charge in [0.25, 0.3) is 0 Å². The van der Waals surface area contributed by atoms with Gasteiger partial charge in [0.15, 0.2) is 0 Å². The molecule has 0 unspecified atom stereocenters. The minimum Gasteiger partial charge on any atom is -0.453 e. The Hall–Kier alpha value is -2.79. The Labute approximate surface area is 377 Å². The number of imidazole rings is 2. The molecule has 3 aliphatic heterocycles. The summed E-state index contributed by atoms with van der Waals surface area (Å²) in [6.45, 7) is 8.73. The molecule has 5 fully saturated rings. The first-order valence-corrected chi connectivity index (χ1v) is 20.9. The summed E-state index contributed by atoms with van der Waals surface area (Å²) in [4.78, 5) is 60.6. The van der Waals surface area contributed by atoms with Crippen LogP contribution in [0.15, 0.2) is 30.5 Å². The van der Waals surface area contributed by atoms with Crippen LogP contribution in [0.4, 0.5) is 4.79 Å². The van der Waals surface area contributed by atoms with Crippen molar-refractivity contribution in [3.63, 3.8) is 0 Å². The molecule has 328 valence electrons. The van der Waals surface area contributed by atoms with Crippen LogP contribution < -0.4 is 5.32 Å². The number of benzene rings is 1. The summed E-state index contributed by atoms with van der Waals surface area (Å²) in [6, 6.07) is 8.29. The summed E-state index contributed by atoms with van der Waals surface area (Å²) >= 11 is 0. The number of nitrogens with one attached hydrogen (secondary N) is 3. The Bertz CT molecular complexity index is 1860. The number of H-pyrrole nitrogens is 2. The van der Waals surface area contributed by atoms with Crippen LogP contribution in [0.2, 0.25) is 0 Å². The first kappa shape index (κ1) is 48.9. The molecule has 6 aliphatic rings. The topological polar surface area (TPSA) is 146 Å². The summed E-state index contributed by atoms with van der Waals surface area (Å²) < 4.78 is 11.0. The molecule has 3 saturated carbocycles. The summed E-state index contributed by atoms with van der Waals surface area (Å²) in [7, 11) is 1.32. The number of aromatic nitrogens is 4. The Morgan fingerprint density at radius 3 is 2.19 bits per heavy atom. The van der Waals surface area contributed by atoms with Gasteiger partial charge in [-0.2, -0.15) is 54.0 Å². The van der Waals surface area contributed by atoms with Crippen molar-refractivity contribution in [2.45, 2.75) is 140 Å². The first-order chi connectivity index (χ1) is 26.6. The van der Waals surface area contributed by atoms with Crippen molar-refractivity contribution in [1.82, 2.24) is 35.1 Å². The molecular weight excluding hydrogens is 823 g/mol. The smallest absolute Gasteiger partial charge is 0.407 e. The van der Waals surface area contributed by atoms with Crippen molar-refractivity contribution >= 4 is 71.9 Å². The Morgan fingerprint density at radius 2 is 1.51 bits per heavy atom. The molecule has 3 aromatic rings. The fourth-order valence-corrected chi connectivity index (χ4v) is 10.3. The molecular formula is C43H67N7O5S4. The number of carbonyl (C=O) groups excluding carboxylic acids is 3. The number of alkyl carbamates (subject to hydrolysis) is 1. The zero-order valence-corrected chi connectivity index (χ0v) is 39.1. The van der Waals surface area contributed by atoms with Crippen molar-refractivity contribution < 1.29 is 23.9 Å². The van der Waals surface area contributed by atoms with Gasteiger partial charge in [-0.25, -0.2) is 14.8 Å². The lowest BCUT2D eigenvalue weighted by Crippen LogP contribution is -2.48. The highest BCUT2D eigenvalue weighted by Gasteiger charge is 2.51. The van der Waals surface area contributed by atoms with Gasteiger partial charge in [-0.1, -0.05) is 45.0 Å². The van der Waals surface area contributed by atoms with Crippen LogP contribution in [0.25, 0.3) is 11.3 Å². The summed E-state index contributed by atoms with van der Waals surface area (Å²) in [5, 5.41) is 2.77. The second kappa shape index (κ2) is 20.4. The van der Waals surface area contributed by atoms with Gasteiger partial charge in [-0.05, 0) is 100 Å². The normalized spacial score (nSPS) is 27.1. The van der Waals surface area contributed by atoms with E-state index in [4.69, 9.17) is 19.4 Å². The maximum absolute atomic E-state index is 13.8. The molecule has 9 rings (SSSR count). The highest BCUT2D eigenvalue weighted by Crippen LogP contribution is 2.58. The van der Waals surface area contributed by atoms with E-state index in [-0.39, 0.29) is 94.6 Å². The Balaban J connectivity index is 0.00000192. The molecule has 4 bridgehead atoms. The lowest BCUT2D eigenvalue weighted by atomic mass is 9.51. The van der Waals surface area contributed by atoms with E-state index in [1.165, 1.54) is 18.4 Å². The highest BCUT2D eigenvalue weighted by atomic mass is 32.1. The van der Waals surface area contributed by atoms with Crippen molar-refractivity contribution in [2.24, 2.45) is 11.8 Å². The fourth-order valence-electron chi connectivity index (χ4n) is 10.3. The number of amides is 3. The van der Waals surface area contributed by atoms with Crippen LogP contribution in [0.3, 0.4) is 0 Å². The molecule has 1 aromatic carbocycles. The third-order valence-corrected chi connectivity index (χ3v) is 14.1. The predicted molar refractivity (Wildman–Crippen MR) is 249 cm³/mol. The SMILES string of the molecule is COC(=O)N[C@H]1CCCCOCc2[nH]c(nc2-c2ccc(C34CCC(c5cnc([C@@H]6CCCN6C(=O)[C@@H](C)C(C)C)[nH]5)(CC3)CC4)cc2)[C@@H]2CCCN2C1=O.S.S.S.S. The third-order valence-electron chi connectivity index (χ3n) is 14.1. The van der Waals surface area contributed by atoms with Gasteiger partial charge >= 0.3 is 6.09 Å². The number of rotatable bonds is 7. The lowest BCUT2D eigenvalue weighted by Gasteiger charge is -2.53. The maximum Gasteiger partial charge on any atom is 0.407 e. The van der Waals surface area contributed by atoms with Crippen molar-refractivity contribution in [3.05, 3.63) is 59.1 Å². The monoisotopic (exact) mass is 889 g/mol. The van der Waals surface area contributed by atoms with Gasteiger partial charge in [0.2, 0.25) is 11.8 Å². The Morgan fingerprint density at radius 1 is 0.847 bits per heavy atom. The minimum absolute atomic E-state index is 0. The van der Waals surface area contributed by atoms with Crippen LogP contribution in [0, 0.1) is 11.8 Å². The summed E-state index contributed by atoms with van der Waals surface area (Å²) in [5.41, 5.74) is 5.81. The van der Waals surface area contributed by atoms with E-state index < -0.39 is 12.1 Å². The van der Waals surface area contributed by atoms with Crippen LogP contribution in [0.5, 0.6) is 0 Å². The number of ether oxygens (including phenoxy) is 2. The van der Waals surface area contributed by atoms with Crippen LogP contribution in [-0.4, -0.2) is 80.5 Å². The number of likely N-dealkylation sites (tertiary alicyclic amines) is 1. The number of aromatic amines is 2. The highest BCUT2D eigenvalue weighted by molar-refractivity contribution is 7.59. The molecule has 16 heteroatoms. The molecule has 5 heterocycles. The quantitative estimate of drug-likeness (QED) is 0.219. The lowest BCUT2D eigenvalue weighted by molar-refractivity contribution is -0.137. The average molecular weight is 890 g/mol. The first-order valence-electron chi connectivity index (χ1n) is 20.9. The molecule has 0 radical (unpaired) electrons.